The van der Waals surface area contributed by atoms with E-state index < -0.39 is 0 Å². The molecule has 1 aromatic carbocycles. The first-order valence-electron chi connectivity index (χ1n) is 3.81. The van der Waals surface area contributed by atoms with Crippen molar-refractivity contribution in [3.63, 3.8) is 0 Å². The minimum absolute atomic E-state index is 0.639. The molecule has 1 N–H and O–H groups in total. The standard InChI is InChI=1S/C9H10BrN/c1-6-5-11-8-4-2-3-7(10)9(6)8/h2-4,6,11H,5H2,1H3. The summed E-state index contributed by atoms with van der Waals surface area (Å²) in [4.78, 5) is 0. The fraction of sp³-hybridized carbons (Fsp3) is 0.333. The van der Waals surface area contributed by atoms with Gasteiger partial charge in [-0.15, -0.1) is 0 Å². The summed E-state index contributed by atoms with van der Waals surface area (Å²) in [5, 5.41) is 3.36. The number of halogens is 1. The second-order valence-corrected chi connectivity index (χ2v) is 3.84. The van der Waals surface area contributed by atoms with Crippen LogP contribution in [0, 0.1) is 0 Å². The molecule has 0 bridgehead atoms. The summed E-state index contributed by atoms with van der Waals surface area (Å²) in [6.07, 6.45) is 0. The zero-order valence-electron chi connectivity index (χ0n) is 6.39. The first-order valence-corrected chi connectivity index (χ1v) is 4.60. The second-order valence-electron chi connectivity index (χ2n) is 2.98. The average Bonchev–Trinajstić information content (AvgIpc) is 2.34. The molecule has 0 fully saturated rings. The monoisotopic (exact) mass is 211 g/mol. The molecule has 2 rings (SSSR count). The largest absolute Gasteiger partial charge is 0.384 e. The van der Waals surface area contributed by atoms with E-state index in [0.29, 0.717) is 5.92 Å². The van der Waals surface area contributed by atoms with Gasteiger partial charge in [-0.3, -0.25) is 0 Å². The molecule has 2 heteroatoms. The number of hydrogen-bond acceptors (Lipinski definition) is 1. The van der Waals surface area contributed by atoms with E-state index in [4.69, 9.17) is 0 Å². The summed E-state index contributed by atoms with van der Waals surface area (Å²) in [7, 11) is 0. The smallest absolute Gasteiger partial charge is 0.0387 e. The molecule has 1 atom stereocenters. The molecule has 0 amide bonds. The van der Waals surface area contributed by atoms with Gasteiger partial charge in [0.2, 0.25) is 0 Å². The molecule has 1 heterocycles. The van der Waals surface area contributed by atoms with Crippen LogP contribution in [0.4, 0.5) is 5.69 Å². The van der Waals surface area contributed by atoms with Crippen LogP contribution in [0.5, 0.6) is 0 Å². The topological polar surface area (TPSA) is 12.0 Å². The van der Waals surface area contributed by atoms with Gasteiger partial charge in [-0.2, -0.15) is 0 Å². The predicted molar refractivity (Wildman–Crippen MR) is 51.0 cm³/mol. The van der Waals surface area contributed by atoms with Crippen LogP contribution in [0.15, 0.2) is 22.7 Å². The van der Waals surface area contributed by atoms with Gasteiger partial charge in [0.05, 0.1) is 0 Å². The predicted octanol–water partition coefficient (Wildman–Crippen LogP) is 2.98. The van der Waals surface area contributed by atoms with Gasteiger partial charge in [-0.1, -0.05) is 28.9 Å². The Morgan fingerprint density at radius 3 is 3.09 bits per heavy atom. The fourth-order valence-electron chi connectivity index (χ4n) is 1.56. The molecule has 0 aliphatic carbocycles. The van der Waals surface area contributed by atoms with E-state index in [9.17, 15) is 0 Å². The molecular weight excluding hydrogens is 202 g/mol. The normalized spacial score (nSPS) is 21.1. The molecule has 58 valence electrons. The van der Waals surface area contributed by atoms with Gasteiger partial charge in [0.15, 0.2) is 0 Å². The third-order valence-corrected chi connectivity index (χ3v) is 2.84. The number of benzene rings is 1. The molecule has 0 radical (unpaired) electrons. The lowest BCUT2D eigenvalue weighted by Crippen LogP contribution is -1.96. The summed E-state index contributed by atoms with van der Waals surface area (Å²) < 4.78 is 1.23. The average molecular weight is 212 g/mol. The summed E-state index contributed by atoms with van der Waals surface area (Å²) in [6, 6.07) is 6.29. The van der Waals surface area contributed by atoms with Gasteiger partial charge in [-0.05, 0) is 17.7 Å². The number of hydrogen-bond donors (Lipinski definition) is 1. The Labute approximate surface area is 74.9 Å². The quantitative estimate of drug-likeness (QED) is 0.697. The first-order chi connectivity index (χ1) is 5.29. The Kier molecular flexibility index (Phi) is 1.64. The number of nitrogens with one attached hydrogen (secondary N) is 1. The number of rotatable bonds is 0. The lowest BCUT2D eigenvalue weighted by molar-refractivity contribution is 0.850. The Bertz CT molecular complexity index is 283. The lowest BCUT2D eigenvalue weighted by Gasteiger charge is -2.03. The molecule has 1 aliphatic heterocycles. The molecule has 11 heavy (non-hydrogen) atoms. The van der Waals surface area contributed by atoms with Crippen LogP contribution in [0.25, 0.3) is 0 Å². The van der Waals surface area contributed by atoms with Crippen molar-refractivity contribution in [2.75, 3.05) is 11.9 Å². The van der Waals surface area contributed by atoms with Crippen molar-refractivity contribution < 1.29 is 0 Å². The van der Waals surface area contributed by atoms with Crippen LogP contribution >= 0.6 is 15.9 Å². The van der Waals surface area contributed by atoms with Crippen LogP contribution in [-0.4, -0.2) is 6.54 Å². The third-order valence-electron chi connectivity index (χ3n) is 2.14. The van der Waals surface area contributed by atoms with E-state index in [1.165, 1.54) is 15.7 Å². The van der Waals surface area contributed by atoms with E-state index >= 15 is 0 Å². The molecule has 1 nitrogen and oxygen atoms in total. The maximum atomic E-state index is 3.55. The van der Waals surface area contributed by atoms with Crippen molar-refractivity contribution in [2.45, 2.75) is 12.8 Å². The zero-order chi connectivity index (χ0) is 7.84. The van der Waals surface area contributed by atoms with Crippen molar-refractivity contribution in [1.82, 2.24) is 0 Å². The van der Waals surface area contributed by atoms with E-state index in [2.05, 4.69) is 46.4 Å². The van der Waals surface area contributed by atoms with Gasteiger partial charge in [0, 0.05) is 22.6 Å². The van der Waals surface area contributed by atoms with Crippen molar-refractivity contribution in [2.24, 2.45) is 0 Å². The maximum absolute atomic E-state index is 3.55. The van der Waals surface area contributed by atoms with Crippen molar-refractivity contribution in [3.8, 4) is 0 Å². The van der Waals surface area contributed by atoms with Gasteiger partial charge in [0.1, 0.15) is 0 Å². The van der Waals surface area contributed by atoms with Gasteiger partial charge < -0.3 is 5.32 Å². The Hall–Kier alpha value is -0.500. The van der Waals surface area contributed by atoms with Crippen molar-refractivity contribution in [1.29, 1.82) is 0 Å². The molecule has 0 saturated heterocycles. The molecular formula is C9H10BrN. The molecule has 1 aliphatic rings. The van der Waals surface area contributed by atoms with Crippen molar-refractivity contribution in [3.05, 3.63) is 28.2 Å². The van der Waals surface area contributed by atoms with E-state index in [0.717, 1.165) is 6.54 Å². The van der Waals surface area contributed by atoms with Crippen LogP contribution in [0.3, 0.4) is 0 Å². The highest BCUT2D eigenvalue weighted by Crippen LogP contribution is 2.36. The highest BCUT2D eigenvalue weighted by molar-refractivity contribution is 9.10. The Morgan fingerprint density at radius 1 is 1.55 bits per heavy atom. The third kappa shape index (κ3) is 1.06. The molecule has 0 saturated carbocycles. The van der Waals surface area contributed by atoms with Crippen LogP contribution in [-0.2, 0) is 0 Å². The fourth-order valence-corrected chi connectivity index (χ4v) is 2.31. The molecule has 0 aromatic heterocycles. The summed E-state index contributed by atoms with van der Waals surface area (Å²) >= 11 is 3.55. The minimum atomic E-state index is 0.639. The highest BCUT2D eigenvalue weighted by Gasteiger charge is 2.19. The molecule has 0 spiro atoms. The van der Waals surface area contributed by atoms with Gasteiger partial charge in [-0.25, -0.2) is 0 Å². The Balaban J connectivity index is 2.58. The molecule has 1 aromatic rings. The van der Waals surface area contributed by atoms with E-state index in [-0.39, 0.29) is 0 Å². The highest BCUT2D eigenvalue weighted by atomic mass is 79.9. The number of fused-ring (bicyclic) bond motifs is 1. The van der Waals surface area contributed by atoms with E-state index in [1.807, 2.05) is 0 Å². The summed E-state index contributed by atoms with van der Waals surface area (Å²) in [5.74, 6) is 0.639. The second kappa shape index (κ2) is 2.52. The van der Waals surface area contributed by atoms with Crippen molar-refractivity contribution >= 4 is 21.6 Å². The maximum Gasteiger partial charge on any atom is 0.0387 e. The van der Waals surface area contributed by atoms with Crippen LogP contribution in [0.2, 0.25) is 0 Å². The SMILES string of the molecule is CC1CNc2cccc(Br)c21. The van der Waals surface area contributed by atoms with Gasteiger partial charge >= 0.3 is 0 Å². The Morgan fingerprint density at radius 2 is 2.36 bits per heavy atom. The minimum Gasteiger partial charge on any atom is -0.384 e. The lowest BCUT2D eigenvalue weighted by atomic mass is 10.0. The zero-order valence-corrected chi connectivity index (χ0v) is 7.98. The van der Waals surface area contributed by atoms with Gasteiger partial charge in [0.25, 0.3) is 0 Å². The van der Waals surface area contributed by atoms with Crippen LogP contribution in [0.1, 0.15) is 18.4 Å². The van der Waals surface area contributed by atoms with Crippen LogP contribution < -0.4 is 5.32 Å². The number of anilines is 1. The summed E-state index contributed by atoms with van der Waals surface area (Å²) in [6.45, 7) is 3.31. The summed E-state index contributed by atoms with van der Waals surface area (Å²) in [5.41, 5.74) is 2.71. The molecule has 1 unspecified atom stereocenters. The van der Waals surface area contributed by atoms with E-state index in [1.54, 1.807) is 0 Å². The first kappa shape index (κ1) is 7.17.